The summed E-state index contributed by atoms with van der Waals surface area (Å²) in [6.07, 6.45) is -3.83. The SMILES string of the molecule is CCOc1cc(C(F)(F)F)c(C(=O)NCc2ccc(Cl)cc2)cn1. The molecule has 0 aliphatic rings. The maximum Gasteiger partial charge on any atom is 0.417 e. The summed E-state index contributed by atoms with van der Waals surface area (Å²) >= 11 is 5.75. The van der Waals surface area contributed by atoms with Gasteiger partial charge in [-0.3, -0.25) is 4.79 Å². The molecule has 2 rings (SSSR count). The Morgan fingerprint density at radius 3 is 2.54 bits per heavy atom. The molecule has 0 saturated heterocycles. The van der Waals surface area contributed by atoms with Gasteiger partial charge in [-0.25, -0.2) is 4.98 Å². The van der Waals surface area contributed by atoms with Crippen molar-refractivity contribution in [1.82, 2.24) is 10.3 Å². The van der Waals surface area contributed by atoms with Gasteiger partial charge in [-0.05, 0) is 24.6 Å². The van der Waals surface area contributed by atoms with Crippen LogP contribution in [0.3, 0.4) is 0 Å². The number of hydrogen-bond donors (Lipinski definition) is 1. The normalized spacial score (nSPS) is 11.2. The van der Waals surface area contributed by atoms with E-state index in [2.05, 4.69) is 10.3 Å². The lowest BCUT2D eigenvalue weighted by molar-refractivity contribution is -0.138. The van der Waals surface area contributed by atoms with Gasteiger partial charge in [0.25, 0.3) is 5.91 Å². The van der Waals surface area contributed by atoms with Gasteiger partial charge in [0.15, 0.2) is 0 Å². The number of ether oxygens (including phenoxy) is 1. The van der Waals surface area contributed by atoms with E-state index < -0.39 is 23.2 Å². The molecule has 0 fully saturated rings. The molecule has 1 N–H and O–H groups in total. The highest BCUT2D eigenvalue weighted by Crippen LogP contribution is 2.33. The number of pyridine rings is 1. The van der Waals surface area contributed by atoms with Crippen molar-refractivity contribution in [2.45, 2.75) is 19.6 Å². The molecule has 4 nitrogen and oxygen atoms in total. The van der Waals surface area contributed by atoms with E-state index in [-0.39, 0.29) is 19.0 Å². The number of aromatic nitrogens is 1. The molecule has 0 aliphatic heterocycles. The fourth-order valence-electron chi connectivity index (χ4n) is 1.96. The Kier molecular flexibility index (Phi) is 5.66. The van der Waals surface area contributed by atoms with E-state index >= 15 is 0 Å². The second-order valence-corrected chi connectivity index (χ2v) is 5.24. The molecule has 1 amide bonds. The Labute approximate surface area is 141 Å². The first-order valence-corrected chi connectivity index (χ1v) is 7.41. The van der Waals surface area contributed by atoms with Crippen LogP contribution in [-0.4, -0.2) is 17.5 Å². The Bertz CT molecular complexity index is 718. The van der Waals surface area contributed by atoms with Crippen LogP contribution < -0.4 is 10.1 Å². The Balaban J connectivity index is 2.19. The lowest BCUT2D eigenvalue weighted by atomic mass is 10.1. The predicted molar refractivity (Wildman–Crippen MR) is 83.0 cm³/mol. The number of alkyl halides is 3. The first-order valence-electron chi connectivity index (χ1n) is 7.04. The van der Waals surface area contributed by atoms with Gasteiger partial charge in [0, 0.05) is 23.8 Å². The summed E-state index contributed by atoms with van der Waals surface area (Å²) in [5.74, 6) is -1.05. The fraction of sp³-hybridized carbons (Fsp3) is 0.250. The first-order chi connectivity index (χ1) is 11.3. The van der Waals surface area contributed by atoms with Crippen LogP contribution in [0.4, 0.5) is 13.2 Å². The summed E-state index contributed by atoms with van der Waals surface area (Å²) in [4.78, 5) is 15.8. The molecule has 128 valence electrons. The van der Waals surface area contributed by atoms with Crippen LogP contribution in [0.5, 0.6) is 5.88 Å². The molecule has 0 spiro atoms. The minimum atomic E-state index is -4.69. The number of hydrogen-bond acceptors (Lipinski definition) is 3. The van der Waals surface area contributed by atoms with E-state index in [1.54, 1.807) is 31.2 Å². The number of nitrogens with zero attached hydrogens (tertiary/aromatic N) is 1. The predicted octanol–water partition coefficient (Wildman–Crippen LogP) is 4.08. The zero-order valence-electron chi connectivity index (χ0n) is 12.7. The Morgan fingerprint density at radius 2 is 1.96 bits per heavy atom. The summed E-state index contributed by atoms with van der Waals surface area (Å²) in [6, 6.07) is 7.32. The molecule has 0 unspecified atom stereocenters. The monoisotopic (exact) mass is 358 g/mol. The third-order valence-electron chi connectivity index (χ3n) is 3.09. The van der Waals surface area contributed by atoms with Crippen LogP contribution in [0, 0.1) is 0 Å². The Morgan fingerprint density at radius 1 is 1.29 bits per heavy atom. The van der Waals surface area contributed by atoms with Crippen molar-refractivity contribution in [2.24, 2.45) is 0 Å². The first kappa shape index (κ1) is 18.1. The number of rotatable bonds is 5. The number of carbonyl (C=O) groups is 1. The zero-order chi connectivity index (χ0) is 17.7. The third-order valence-corrected chi connectivity index (χ3v) is 3.34. The second-order valence-electron chi connectivity index (χ2n) is 4.81. The maximum absolute atomic E-state index is 13.2. The average Bonchev–Trinajstić information content (AvgIpc) is 2.53. The summed E-state index contributed by atoms with van der Waals surface area (Å²) in [7, 11) is 0. The van der Waals surface area contributed by atoms with E-state index in [1.807, 2.05) is 0 Å². The molecule has 1 aromatic heterocycles. The molecule has 0 aliphatic carbocycles. The summed E-state index contributed by atoms with van der Waals surface area (Å²) in [6.45, 7) is 1.87. The molecule has 24 heavy (non-hydrogen) atoms. The third kappa shape index (κ3) is 4.61. The van der Waals surface area contributed by atoms with E-state index in [9.17, 15) is 18.0 Å². The Hall–Kier alpha value is -2.28. The standard InChI is InChI=1S/C16H14ClF3N2O2/c1-2-24-14-7-13(16(18,19)20)12(9-21-14)15(23)22-8-10-3-5-11(17)6-4-10/h3-7,9H,2,8H2,1H3,(H,22,23). The van der Waals surface area contributed by atoms with E-state index in [0.717, 1.165) is 12.3 Å². The lowest BCUT2D eigenvalue weighted by Crippen LogP contribution is -2.26. The molecular formula is C16H14ClF3N2O2. The largest absolute Gasteiger partial charge is 0.478 e. The van der Waals surface area contributed by atoms with Crippen molar-refractivity contribution in [3.63, 3.8) is 0 Å². The quantitative estimate of drug-likeness (QED) is 0.876. The van der Waals surface area contributed by atoms with Crippen LogP contribution in [0.2, 0.25) is 5.02 Å². The van der Waals surface area contributed by atoms with Gasteiger partial charge in [0.2, 0.25) is 5.88 Å². The van der Waals surface area contributed by atoms with Crippen LogP contribution >= 0.6 is 11.6 Å². The number of halogens is 4. The highest BCUT2D eigenvalue weighted by Gasteiger charge is 2.36. The van der Waals surface area contributed by atoms with Crippen LogP contribution in [0.25, 0.3) is 0 Å². The van der Waals surface area contributed by atoms with E-state index in [4.69, 9.17) is 16.3 Å². The highest BCUT2D eigenvalue weighted by atomic mass is 35.5. The number of benzene rings is 1. The van der Waals surface area contributed by atoms with Crippen molar-refractivity contribution < 1.29 is 22.7 Å². The van der Waals surface area contributed by atoms with Gasteiger partial charge >= 0.3 is 6.18 Å². The van der Waals surface area contributed by atoms with Crippen molar-refractivity contribution in [3.05, 3.63) is 58.2 Å². The molecule has 0 saturated carbocycles. The topological polar surface area (TPSA) is 51.2 Å². The van der Waals surface area contributed by atoms with Gasteiger partial charge < -0.3 is 10.1 Å². The summed E-state index contributed by atoms with van der Waals surface area (Å²) < 4.78 is 44.4. The van der Waals surface area contributed by atoms with Gasteiger partial charge in [-0.2, -0.15) is 13.2 Å². The smallest absolute Gasteiger partial charge is 0.417 e. The number of carbonyl (C=O) groups excluding carboxylic acids is 1. The number of nitrogens with one attached hydrogen (secondary N) is 1. The molecule has 0 bridgehead atoms. The number of amides is 1. The maximum atomic E-state index is 13.2. The minimum Gasteiger partial charge on any atom is -0.478 e. The summed E-state index contributed by atoms with van der Waals surface area (Å²) in [5.41, 5.74) is -0.935. The van der Waals surface area contributed by atoms with Crippen LogP contribution in [0.15, 0.2) is 36.5 Å². The van der Waals surface area contributed by atoms with Crippen molar-refractivity contribution >= 4 is 17.5 Å². The fourth-order valence-corrected chi connectivity index (χ4v) is 2.08. The highest BCUT2D eigenvalue weighted by molar-refractivity contribution is 6.30. The van der Waals surface area contributed by atoms with Crippen LogP contribution in [0.1, 0.15) is 28.4 Å². The van der Waals surface area contributed by atoms with E-state index in [1.165, 1.54) is 0 Å². The molecular weight excluding hydrogens is 345 g/mol. The minimum absolute atomic E-state index is 0.0700. The van der Waals surface area contributed by atoms with Crippen molar-refractivity contribution in [3.8, 4) is 5.88 Å². The van der Waals surface area contributed by atoms with Gasteiger partial charge in [0.1, 0.15) is 0 Å². The molecule has 2 aromatic rings. The average molecular weight is 359 g/mol. The van der Waals surface area contributed by atoms with Gasteiger partial charge in [-0.15, -0.1) is 0 Å². The molecule has 0 atom stereocenters. The van der Waals surface area contributed by atoms with Crippen molar-refractivity contribution in [2.75, 3.05) is 6.61 Å². The second kappa shape index (κ2) is 7.53. The lowest BCUT2D eigenvalue weighted by Gasteiger charge is -2.14. The van der Waals surface area contributed by atoms with Crippen LogP contribution in [-0.2, 0) is 12.7 Å². The molecule has 1 aromatic carbocycles. The molecule has 8 heteroatoms. The van der Waals surface area contributed by atoms with Gasteiger partial charge in [-0.1, -0.05) is 23.7 Å². The van der Waals surface area contributed by atoms with Gasteiger partial charge in [0.05, 0.1) is 17.7 Å². The zero-order valence-corrected chi connectivity index (χ0v) is 13.4. The molecule has 0 radical (unpaired) electrons. The molecule has 1 heterocycles. The van der Waals surface area contributed by atoms with E-state index in [0.29, 0.717) is 10.6 Å². The summed E-state index contributed by atoms with van der Waals surface area (Å²) in [5, 5.41) is 2.96. The van der Waals surface area contributed by atoms with Crippen molar-refractivity contribution in [1.29, 1.82) is 0 Å².